The van der Waals surface area contributed by atoms with Crippen molar-refractivity contribution in [1.82, 2.24) is 0 Å². The minimum atomic E-state index is -2.78. The zero-order chi connectivity index (χ0) is 10.9. The van der Waals surface area contributed by atoms with Crippen LogP contribution in [0.4, 0.5) is 14.5 Å². The van der Waals surface area contributed by atoms with Gasteiger partial charge in [-0.3, -0.25) is 4.79 Å². The number of Topliss-reactive ketones (excluding diaryl/α,β-unsaturated/α-hetero) is 1. The summed E-state index contributed by atoms with van der Waals surface area (Å²) in [5.41, 5.74) is 4.42. The molecule has 3 nitrogen and oxygen atoms in total. The molecule has 76 valence electrons. The number of phenolic OH excluding ortho intramolecular Hbond substituents is 1. The number of alkyl halides is 2. The number of carbonyl (C=O) groups excluding carboxylic acids is 1. The molecule has 0 atom stereocenters. The average molecular weight is 201 g/mol. The van der Waals surface area contributed by atoms with Gasteiger partial charge in [0.2, 0.25) is 0 Å². The summed E-state index contributed by atoms with van der Waals surface area (Å²) in [6, 6.07) is 1.87. The average Bonchev–Trinajstić information content (AvgIpc) is 2.08. The standard InChI is InChI=1S/C9H9F2NO2/c1-4(13)5-3-8(14)7(12)2-6(5)9(10)11/h2-3,9,14H,12H2,1H3. The van der Waals surface area contributed by atoms with Crippen molar-refractivity contribution in [2.75, 3.05) is 5.73 Å². The highest BCUT2D eigenvalue weighted by Gasteiger charge is 2.18. The Bertz CT molecular complexity index is 377. The molecule has 0 bridgehead atoms. The lowest BCUT2D eigenvalue weighted by atomic mass is 10.0. The van der Waals surface area contributed by atoms with Gasteiger partial charge in [0, 0.05) is 11.1 Å². The van der Waals surface area contributed by atoms with Crippen LogP contribution in [-0.2, 0) is 0 Å². The summed E-state index contributed by atoms with van der Waals surface area (Å²) in [5, 5.41) is 9.13. The number of ketones is 1. The first-order valence-corrected chi connectivity index (χ1v) is 3.85. The maximum absolute atomic E-state index is 12.4. The summed E-state index contributed by atoms with van der Waals surface area (Å²) in [6.45, 7) is 1.15. The first kappa shape index (κ1) is 10.4. The number of hydrogen-bond donors (Lipinski definition) is 2. The molecule has 0 heterocycles. The van der Waals surface area contributed by atoms with Crippen molar-refractivity contribution >= 4 is 11.5 Å². The van der Waals surface area contributed by atoms with Gasteiger partial charge in [0.1, 0.15) is 5.75 Å². The van der Waals surface area contributed by atoms with E-state index in [0.717, 1.165) is 19.1 Å². The van der Waals surface area contributed by atoms with Crippen molar-refractivity contribution < 1.29 is 18.7 Å². The molecule has 0 aromatic heterocycles. The highest BCUT2D eigenvalue weighted by molar-refractivity contribution is 5.96. The second-order valence-electron chi connectivity index (χ2n) is 2.86. The van der Waals surface area contributed by atoms with E-state index in [1.54, 1.807) is 0 Å². The predicted molar refractivity (Wildman–Crippen MR) is 47.5 cm³/mol. The van der Waals surface area contributed by atoms with Gasteiger partial charge in [-0.2, -0.15) is 0 Å². The molecule has 1 aromatic carbocycles. The Morgan fingerprint density at radius 3 is 2.50 bits per heavy atom. The number of rotatable bonds is 2. The van der Waals surface area contributed by atoms with E-state index in [0.29, 0.717) is 0 Å². The zero-order valence-corrected chi connectivity index (χ0v) is 7.42. The van der Waals surface area contributed by atoms with Crippen LogP contribution in [-0.4, -0.2) is 10.9 Å². The number of phenols is 1. The van der Waals surface area contributed by atoms with Gasteiger partial charge in [-0.05, 0) is 19.1 Å². The molecule has 0 spiro atoms. The van der Waals surface area contributed by atoms with Gasteiger partial charge in [0.05, 0.1) is 5.69 Å². The Hall–Kier alpha value is -1.65. The third-order valence-electron chi connectivity index (χ3n) is 1.81. The number of hydrogen-bond acceptors (Lipinski definition) is 3. The molecule has 0 unspecified atom stereocenters. The maximum atomic E-state index is 12.4. The second kappa shape index (κ2) is 3.61. The van der Waals surface area contributed by atoms with Gasteiger partial charge >= 0.3 is 0 Å². The van der Waals surface area contributed by atoms with E-state index in [1.807, 2.05) is 0 Å². The normalized spacial score (nSPS) is 10.6. The van der Waals surface area contributed by atoms with Gasteiger partial charge in [-0.25, -0.2) is 8.78 Å². The highest BCUT2D eigenvalue weighted by atomic mass is 19.3. The van der Waals surface area contributed by atoms with E-state index in [9.17, 15) is 13.6 Å². The second-order valence-corrected chi connectivity index (χ2v) is 2.86. The van der Waals surface area contributed by atoms with Crippen molar-refractivity contribution in [3.63, 3.8) is 0 Å². The fourth-order valence-corrected chi connectivity index (χ4v) is 1.11. The van der Waals surface area contributed by atoms with E-state index in [-0.39, 0.29) is 17.0 Å². The van der Waals surface area contributed by atoms with Crippen molar-refractivity contribution in [2.24, 2.45) is 0 Å². The molecule has 3 N–H and O–H groups in total. The molecule has 1 rings (SSSR count). The highest BCUT2D eigenvalue weighted by Crippen LogP contribution is 2.31. The molecule has 0 amide bonds. The lowest BCUT2D eigenvalue weighted by Gasteiger charge is -2.08. The van der Waals surface area contributed by atoms with Crippen molar-refractivity contribution in [3.05, 3.63) is 23.3 Å². The van der Waals surface area contributed by atoms with Gasteiger partial charge in [0.25, 0.3) is 6.43 Å². The van der Waals surface area contributed by atoms with Crippen LogP contribution < -0.4 is 5.73 Å². The molecule has 0 aliphatic heterocycles. The summed E-state index contributed by atoms with van der Waals surface area (Å²) in [6.07, 6.45) is -2.78. The number of aromatic hydroxyl groups is 1. The summed E-state index contributed by atoms with van der Waals surface area (Å²) in [7, 11) is 0. The van der Waals surface area contributed by atoms with Crippen LogP contribution in [0.5, 0.6) is 5.75 Å². The monoisotopic (exact) mass is 201 g/mol. The number of halogens is 2. The van der Waals surface area contributed by atoms with Crippen LogP contribution in [0, 0.1) is 0 Å². The fraction of sp³-hybridized carbons (Fsp3) is 0.222. The Kier molecular flexibility index (Phi) is 2.69. The lowest BCUT2D eigenvalue weighted by Crippen LogP contribution is -2.02. The smallest absolute Gasteiger partial charge is 0.264 e. The van der Waals surface area contributed by atoms with Gasteiger partial charge in [-0.15, -0.1) is 0 Å². The van der Waals surface area contributed by atoms with Crippen LogP contribution in [0.1, 0.15) is 29.3 Å². The minimum absolute atomic E-state index is 0.162. The van der Waals surface area contributed by atoms with Crippen LogP contribution in [0.3, 0.4) is 0 Å². The Morgan fingerprint density at radius 2 is 2.07 bits per heavy atom. The molecule has 0 saturated carbocycles. The molecule has 1 aromatic rings. The van der Waals surface area contributed by atoms with E-state index in [2.05, 4.69) is 0 Å². The lowest BCUT2D eigenvalue weighted by molar-refractivity contribution is 0.0998. The molecular weight excluding hydrogens is 192 g/mol. The topological polar surface area (TPSA) is 63.3 Å². The predicted octanol–water partition coefficient (Wildman–Crippen LogP) is 2.11. The number of carbonyl (C=O) groups is 1. The van der Waals surface area contributed by atoms with E-state index in [1.165, 1.54) is 0 Å². The Balaban J connectivity index is 3.39. The van der Waals surface area contributed by atoms with Crippen LogP contribution in [0.25, 0.3) is 0 Å². The Morgan fingerprint density at radius 1 is 1.50 bits per heavy atom. The molecule has 0 fully saturated rings. The first-order chi connectivity index (χ1) is 6.43. The van der Waals surface area contributed by atoms with Crippen molar-refractivity contribution in [1.29, 1.82) is 0 Å². The van der Waals surface area contributed by atoms with E-state index < -0.39 is 17.8 Å². The van der Waals surface area contributed by atoms with Crippen LogP contribution in [0.2, 0.25) is 0 Å². The molecule has 0 aliphatic carbocycles. The Labute approximate surface area is 79.2 Å². The third kappa shape index (κ3) is 1.81. The van der Waals surface area contributed by atoms with Crippen LogP contribution in [0.15, 0.2) is 12.1 Å². The maximum Gasteiger partial charge on any atom is 0.264 e. The zero-order valence-electron chi connectivity index (χ0n) is 7.42. The number of anilines is 1. The van der Waals surface area contributed by atoms with Gasteiger partial charge in [0.15, 0.2) is 5.78 Å². The largest absolute Gasteiger partial charge is 0.506 e. The molecule has 0 saturated heterocycles. The SMILES string of the molecule is CC(=O)c1cc(O)c(N)cc1C(F)F. The van der Waals surface area contributed by atoms with E-state index >= 15 is 0 Å². The molecule has 0 aliphatic rings. The summed E-state index contributed by atoms with van der Waals surface area (Å²) in [5.74, 6) is -0.893. The quantitative estimate of drug-likeness (QED) is 0.437. The van der Waals surface area contributed by atoms with Gasteiger partial charge < -0.3 is 10.8 Å². The molecular formula is C9H9F2NO2. The fourth-order valence-electron chi connectivity index (χ4n) is 1.11. The minimum Gasteiger partial charge on any atom is -0.506 e. The van der Waals surface area contributed by atoms with Crippen LogP contribution >= 0.6 is 0 Å². The van der Waals surface area contributed by atoms with Gasteiger partial charge in [-0.1, -0.05) is 0 Å². The summed E-state index contributed by atoms with van der Waals surface area (Å²) in [4.78, 5) is 10.9. The molecule has 5 heteroatoms. The number of nitrogen functional groups attached to an aromatic ring is 1. The molecule has 14 heavy (non-hydrogen) atoms. The van der Waals surface area contributed by atoms with Crippen molar-refractivity contribution in [3.8, 4) is 5.75 Å². The molecule has 0 radical (unpaired) electrons. The van der Waals surface area contributed by atoms with E-state index in [4.69, 9.17) is 10.8 Å². The summed E-state index contributed by atoms with van der Waals surface area (Å²) >= 11 is 0. The third-order valence-corrected chi connectivity index (χ3v) is 1.81. The summed E-state index contributed by atoms with van der Waals surface area (Å²) < 4.78 is 24.8. The number of nitrogens with two attached hydrogens (primary N) is 1. The number of benzene rings is 1. The van der Waals surface area contributed by atoms with Crippen molar-refractivity contribution in [2.45, 2.75) is 13.3 Å². The first-order valence-electron chi connectivity index (χ1n) is 3.85.